The van der Waals surface area contributed by atoms with Crippen LogP contribution in [0.2, 0.25) is 0 Å². The number of nitrogens with two attached hydrogens (primary N) is 4. The van der Waals surface area contributed by atoms with Gasteiger partial charge in [0, 0.05) is 26.2 Å². The van der Waals surface area contributed by atoms with Crippen LogP contribution in [0.4, 0.5) is 23.8 Å². The van der Waals surface area contributed by atoms with Gasteiger partial charge >= 0.3 is 11.9 Å². The summed E-state index contributed by atoms with van der Waals surface area (Å²) >= 11 is 0. The summed E-state index contributed by atoms with van der Waals surface area (Å²) in [5.74, 6) is -2.30. The molecule has 2 aliphatic carbocycles. The third-order valence-corrected chi connectivity index (χ3v) is 28.3. The minimum atomic E-state index is -3.51. The molecule has 126 heavy (non-hydrogen) atoms. The molecule has 2 saturated carbocycles. The summed E-state index contributed by atoms with van der Waals surface area (Å²) in [4.78, 5) is 184. The first-order chi connectivity index (χ1) is 59.2. The highest BCUT2D eigenvalue weighted by atomic mass is 31.2. The van der Waals surface area contributed by atoms with Crippen LogP contribution in [-0.4, -0.2) is 237 Å². The maximum absolute atomic E-state index is 13.5. The van der Waals surface area contributed by atoms with Crippen LogP contribution in [0.5, 0.6) is 0 Å². The maximum Gasteiger partial charge on any atom is 0.323 e. The molecule has 0 radical (unpaired) electrons. The predicted molar refractivity (Wildman–Crippen MR) is 466 cm³/mol. The number of nitrogen functional groups attached to an aromatic ring is 4. The number of hydrogen-bond donors (Lipinski definition) is 16. The van der Waals surface area contributed by atoms with Crippen LogP contribution in [0.3, 0.4) is 0 Å². The zero-order valence-electron chi connectivity index (χ0n) is 72.7. The number of hydrogen-bond acceptors (Lipinski definition) is 34. The van der Waals surface area contributed by atoms with Gasteiger partial charge < -0.3 is 69.6 Å². The third kappa shape index (κ3) is 31.2. The SMILES string of the molecule is CC(=O)[C@@H](C)NP(=O)(COCCn1cnc2c(=O)[nH]c(N)nc21)N[C@@H](C)C(=O)OC1CCCC1.CC(=O)[C@@H](C)NP(=O)(COCCn1cnc2c(=O)[nH]c(N)nc21)N[C@H](C)C(=O)OC1CCCC1.CC(=O)[C@@H](C)NP(=O)(COCCn1cnc2c(=O)[nH]c(N)nc21)N[C@H](C)C(C)=O.CC(=O)[C@H](C)NP(=O)(COCCn1cnc2c(=O)[nH]c(N)nc21)N[C@H](C)C(C)=O. The number of imidazole rings is 4. The van der Waals surface area contributed by atoms with Gasteiger partial charge in [0.25, 0.3) is 22.2 Å². The van der Waals surface area contributed by atoms with E-state index in [9.17, 15) is 75.8 Å². The van der Waals surface area contributed by atoms with Crippen LogP contribution < -0.4 is 85.9 Å². The minimum absolute atomic E-state index is 0.0282. The number of nitrogens with one attached hydrogen (secondary N) is 12. The van der Waals surface area contributed by atoms with Crippen molar-refractivity contribution in [3.8, 4) is 0 Å². The largest absolute Gasteiger partial charge is 0.461 e. The van der Waals surface area contributed by atoms with Crippen LogP contribution in [0.15, 0.2) is 44.5 Å². The zero-order chi connectivity index (χ0) is 93.3. The molecule has 2 aliphatic rings. The molecule has 0 bridgehead atoms. The average Bonchev–Trinajstić information content (AvgIpc) is 1.67. The normalized spacial score (nSPS) is 16.6. The Kier molecular flexibility index (Phi) is 38.6. The number of ketones is 6. The Hall–Kier alpha value is -10.0. The van der Waals surface area contributed by atoms with Gasteiger partial charge in [-0.15, -0.1) is 0 Å². The standard InChI is InChI=1S/2C20H32N7O6P.2C16H26N7O5P/c2*1-12(14(3)28)25-34(31,26-13(2)19(30)33-15-6-4-5-7-15)11-32-9-8-27-10-22-16-17(27)23-20(21)24-18(16)29;2*1-9(11(3)24)21-29(27,22-10(2)12(4)25)8-28-6-5-23-7-18-13-14(23)19-16(17)20-15(13)26/h2*10,12-13,15H,4-9,11H2,1-3H3,(H2,25,26,31)(H3,21,23,24,29);2*7,9-10H,5-6,8H2,1-4H3,(H2,21,22,27)(H3,17,19,20,26)/t12-,13+,34?;12-,13-,34?;9-,10+,29?;9-,10-/m11.1/s1. The van der Waals surface area contributed by atoms with Crippen molar-refractivity contribution in [2.45, 2.75) is 235 Å². The smallest absolute Gasteiger partial charge is 0.323 e. The van der Waals surface area contributed by atoms with Crippen molar-refractivity contribution < 1.29 is 85.0 Å². The first-order valence-electron chi connectivity index (χ1n) is 40.4. The lowest BCUT2D eigenvalue weighted by atomic mass is 10.3. The summed E-state index contributed by atoms with van der Waals surface area (Å²) in [5, 5.41) is 22.1. The first-order valence-corrected chi connectivity index (χ1v) is 47.9. The van der Waals surface area contributed by atoms with Crippen molar-refractivity contribution in [1.82, 2.24) is 119 Å². The number of aromatic nitrogens is 16. The van der Waals surface area contributed by atoms with E-state index in [0.29, 0.717) is 22.6 Å². The molecule has 8 aromatic rings. The van der Waals surface area contributed by atoms with Gasteiger partial charge in [-0.05, 0) is 148 Å². The summed E-state index contributed by atoms with van der Waals surface area (Å²) in [7, 11) is -13.8. The van der Waals surface area contributed by atoms with Crippen LogP contribution >= 0.6 is 29.8 Å². The maximum atomic E-state index is 13.5. The average molecular weight is 1850 g/mol. The highest BCUT2D eigenvalue weighted by molar-refractivity contribution is 7.60. The number of ether oxygens (including phenoxy) is 6. The van der Waals surface area contributed by atoms with Gasteiger partial charge in [-0.1, -0.05) is 0 Å². The number of aromatic amines is 4. The molecule has 0 amide bonds. The van der Waals surface area contributed by atoms with E-state index in [-0.39, 0.29) is 171 Å². The van der Waals surface area contributed by atoms with Crippen molar-refractivity contribution in [2.75, 3.05) is 74.8 Å². The molecule has 20 N–H and O–H groups in total. The van der Waals surface area contributed by atoms with Crippen LogP contribution in [0, 0.1) is 0 Å². The van der Waals surface area contributed by atoms with Crippen LogP contribution in [0.25, 0.3) is 44.7 Å². The fourth-order valence-corrected chi connectivity index (χ4v) is 20.9. The molecule has 0 saturated heterocycles. The molecule has 50 nitrogen and oxygen atoms in total. The lowest BCUT2D eigenvalue weighted by Gasteiger charge is -2.26. The predicted octanol–water partition coefficient (Wildman–Crippen LogP) is 1.81. The second kappa shape index (κ2) is 47.2. The van der Waals surface area contributed by atoms with Gasteiger partial charge in [0.05, 0.1) is 88.0 Å². The second-order valence-electron chi connectivity index (χ2n) is 30.5. The van der Waals surface area contributed by atoms with Gasteiger partial charge in [0.1, 0.15) is 84.4 Å². The molecular weight excluding hydrogens is 1730 g/mol. The number of H-pyrrole nitrogens is 4. The molecule has 8 heterocycles. The topological polar surface area (TPSA) is 715 Å². The summed E-state index contributed by atoms with van der Waals surface area (Å²) in [6.07, 6.45) is 11.8. The van der Waals surface area contributed by atoms with Crippen LogP contribution in [0.1, 0.15) is 148 Å². The minimum Gasteiger partial charge on any atom is -0.461 e. The van der Waals surface area contributed by atoms with E-state index in [1.165, 1.54) is 66.9 Å². The van der Waals surface area contributed by atoms with Crippen molar-refractivity contribution >= 4 is 145 Å². The molecule has 11 atom stereocenters. The summed E-state index contributed by atoms with van der Waals surface area (Å²) in [6.45, 7) is 22.4. The van der Waals surface area contributed by atoms with Crippen molar-refractivity contribution in [3.05, 3.63) is 66.7 Å². The molecular formula is C72H116N28O22P4. The highest BCUT2D eigenvalue weighted by Gasteiger charge is 2.36. The molecule has 0 aliphatic heterocycles. The summed E-state index contributed by atoms with van der Waals surface area (Å²) in [6, 6.07) is -5.84. The fourth-order valence-electron chi connectivity index (χ4n) is 12.1. The van der Waals surface area contributed by atoms with E-state index >= 15 is 0 Å². The molecule has 2 fully saturated rings. The van der Waals surface area contributed by atoms with Crippen LogP contribution in [-0.2, 0) is 111 Å². The molecule has 10 rings (SSSR count). The fraction of sp³-hybridized carbons (Fsp3) is 0.611. The quantitative estimate of drug-likeness (QED) is 0.0147. The van der Waals surface area contributed by atoms with Gasteiger partial charge in [-0.3, -0.25) is 95.7 Å². The Morgan fingerprint density at radius 3 is 0.714 bits per heavy atom. The van der Waals surface area contributed by atoms with E-state index in [1.54, 1.807) is 73.7 Å². The Bertz CT molecular complexity index is 5210. The van der Waals surface area contributed by atoms with Gasteiger partial charge in [0.15, 0.2) is 44.7 Å². The second-order valence-corrected chi connectivity index (χ2v) is 39.5. The van der Waals surface area contributed by atoms with E-state index in [0.717, 1.165) is 51.4 Å². The molecule has 54 heteroatoms. The lowest BCUT2D eigenvalue weighted by Crippen LogP contribution is -2.42. The number of anilines is 4. The number of esters is 2. The molecule has 3 unspecified atom stereocenters. The number of fused-ring (bicyclic) bond motifs is 4. The Morgan fingerprint density at radius 1 is 0.349 bits per heavy atom. The number of Topliss-reactive ketones (excluding diaryl/α,β-unsaturated/α-hetero) is 6. The highest BCUT2D eigenvalue weighted by Crippen LogP contribution is 2.41. The van der Waals surface area contributed by atoms with Gasteiger partial charge in [-0.2, -0.15) is 19.9 Å². The first kappa shape index (κ1) is 103. The Morgan fingerprint density at radius 2 is 0.532 bits per heavy atom. The summed E-state index contributed by atoms with van der Waals surface area (Å²) < 4.78 is 93.1. The van der Waals surface area contributed by atoms with Crippen molar-refractivity contribution in [1.29, 1.82) is 0 Å². The number of carbonyl (C=O) groups excluding carboxylic acids is 8. The molecule has 0 aromatic carbocycles. The van der Waals surface area contributed by atoms with E-state index < -0.39 is 112 Å². The van der Waals surface area contributed by atoms with Crippen molar-refractivity contribution in [3.63, 3.8) is 0 Å². The van der Waals surface area contributed by atoms with E-state index in [4.69, 9.17) is 51.4 Å². The van der Waals surface area contributed by atoms with Gasteiger partial charge in [0.2, 0.25) is 53.6 Å². The third-order valence-electron chi connectivity index (χ3n) is 19.7. The number of carbonyl (C=O) groups is 8. The van der Waals surface area contributed by atoms with Gasteiger partial charge in [-0.25, -0.2) is 60.6 Å². The van der Waals surface area contributed by atoms with E-state index in [2.05, 4.69) is 101 Å². The monoisotopic (exact) mass is 1850 g/mol. The number of nitrogens with zero attached hydrogens (tertiary/aromatic N) is 12. The lowest BCUT2D eigenvalue weighted by molar-refractivity contribution is -0.151. The van der Waals surface area contributed by atoms with E-state index in [1.807, 2.05) is 0 Å². The Balaban J connectivity index is 0.000000231. The van der Waals surface area contributed by atoms with Crippen molar-refractivity contribution in [2.24, 2.45) is 0 Å². The zero-order valence-corrected chi connectivity index (χ0v) is 76.2. The molecule has 0 spiro atoms. The summed E-state index contributed by atoms with van der Waals surface area (Å²) in [5.41, 5.74) is 22.4. The molecule has 8 aromatic heterocycles. The number of rotatable bonds is 46. The molecule has 696 valence electrons. The Labute approximate surface area is 722 Å².